The highest BCUT2D eigenvalue weighted by atomic mass is 16.2. The third-order valence-electron chi connectivity index (χ3n) is 5.44. The number of hydrogen-bond acceptors (Lipinski definition) is 4. The number of amides is 1. The van der Waals surface area contributed by atoms with E-state index in [-0.39, 0.29) is 29.8 Å². The smallest absolute Gasteiger partial charge is 0.269 e. The fourth-order valence-corrected chi connectivity index (χ4v) is 4.01. The molecule has 0 spiro atoms. The maximum absolute atomic E-state index is 13.1. The molecule has 1 amide bonds. The largest absolute Gasteiger partial charge is 0.351 e. The van der Waals surface area contributed by atoms with E-state index in [1.807, 2.05) is 26.0 Å². The highest BCUT2D eigenvalue weighted by molar-refractivity contribution is 6.15. The third-order valence-corrected chi connectivity index (χ3v) is 5.44. The van der Waals surface area contributed by atoms with Crippen molar-refractivity contribution < 1.29 is 14.4 Å². The molecule has 1 aromatic heterocycles. The molecule has 2 aromatic rings. The van der Waals surface area contributed by atoms with Crippen molar-refractivity contribution in [3.05, 3.63) is 64.5 Å². The molecular formula is C24H24N2O3. The number of benzene rings is 1. The molecule has 5 nitrogen and oxygen atoms in total. The molecule has 0 saturated heterocycles. The van der Waals surface area contributed by atoms with Gasteiger partial charge in [0, 0.05) is 30.6 Å². The van der Waals surface area contributed by atoms with Gasteiger partial charge >= 0.3 is 0 Å². The van der Waals surface area contributed by atoms with Crippen LogP contribution in [-0.4, -0.2) is 29.0 Å². The summed E-state index contributed by atoms with van der Waals surface area (Å²) in [6.45, 7) is 4.21. The molecule has 1 heterocycles. The first-order valence-electron chi connectivity index (χ1n) is 9.82. The van der Waals surface area contributed by atoms with Crippen LogP contribution < -0.4 is 5.32 Å². The minimum atomic E-state index is -0.728. The lowest BCUT2D eigenvalue weighted by molar-refractivity contribution is -0.124. The molecule has 1 aliphatic rings. The second-order valence-corrected chi connectivity index (χ2v) is 7.33. The zero-order chi connectivity index (χ0) is 21.0. The molecule has 0 bridgehead atoms. The number of pyridine rings is 1. The van der Waals surface area contributed by atoms with Crippen molar-refractivity contribution in [2.75, 3.05) is 6.54 Å². The zero-order valence-electron chi connectivity index (χ0n) is 16.7. The Kier molecular flexibility index (Phi) is 6.23. The summed E-state index contributed by atoms with van der Waals surface area (Å²) in [4.78, 5) is 41.9. The summed E-state index contributed by atoms with van der Waals surface area (Å²) in [5.41, 5.74) is 3.73. The van der Waals surface area contributed by atoms with Crippen LogP contribution in [0.3, 0.4) is 0 Å². The average Bonchev–Trinajstić information content (AvgIpc) is 3.01. The van der Waals surface area contributed by atoms with Gasteiger partial charge < -0.3 is 5.32 Å². The summed E-state index contributed by atoms with van der Waals surface area (Å²) in [6.07, 6.45) is 8.42. The van der Waals surface area contributed by atoms with Gasteiger partial charge in [-0.15, -0.1) is 6.42 Å². The lowest BCUT2D eigenvalue weighted by atomic mass is 9.85. The number of aryl methyl sites for hydroxylation is 2. The molecule has 1 aromatic carbocycles. The van der Waals surface area contributed by atoms with E-state index in [1.54, 1.807) is 24.4 Å². The number of rotatable bonds is 6. The molecule has 2 atom stereocenters. The minimum Gasteiger partial charge on any atom is -0.351 e. The van der Waals surface area contributed by atoms with Gasteiger partial charge in [0.15, 0.2) is 5.78 Å². The lowest BCUT2D eigenvalue weighted by Gasteiger charge is -2.17. The Morgan fingerprint density at radius 3 is 2.76 bits per heavy atom. The fourth-order valence-electron chi connectivity index (χ4n) is 4.01. The highest BCUT2D eigenvalue weighted by Crippen LogP contribution is 2.37. The molecule has 1 N–H and O–H groups in total. The number of nitrogens with one attached hydrogen (secondary N) is 1. The first kappa shape index (κ1) is 20.5. The summed E-state index contributed by atoms with van der Waals surface area (Å²) in [7, 11) is 0. The Hall–Kier alpha value is -3.26. The van der Waals surface area contributed by atoms with Gasteiger partial charge in [0.1, 0.15) is 17.4 Å². The van der Waals surface area contributed by atoms with Gasteiger partial charge in [-0.2, -0.15) is 0 Å². The van der Waals surface area contributed by atoms with Crippen molar-refractivity contribution in [1.82, 2.24) is 10.3 Å². The Morgan fingerprint density at radius 2 is 2.10 bits per heavy atom. The number of Topliss-reactive ketones (excluding diaryl/α,β-unsaturated/α-hetero) is 2. The first-order valence-corrected chi connectivity index (χ1v) is 9.82. The third kappa shape index (κ3) is 4.27. The SMILES string of the molecule is C#Cc1cc(C)c(C2C(=O)CC(CCNC(=O)c3ccccn3)C2=O)c(CC)c1. The summed E-state index contributed by atoms with van der Waals surface area (Å²) >= 11 is 0. The van der Waals surface area contributed by atoms with Crippen molar-refractivity contribution in [3.8, 4) is 12.3 Å². The van der Waals surface area contributed by atoms with Gasteiger partial charge in [0.2, 0.25) is 0 Å². The second-order valence-electron chi connectivity index (χ2n) is 7.33. The quantitative estimate of drug-likeness (QED) is 0.610. The maximum atomic E-state index is 13.1. The molecule has 1 saturated carbocycles. The van der Waals surface area contributed by atoms with E-state index in [0.29, 0.717) is 25.1 Å². The number of nitrogens with zero attached hydrogens (tertiary/aromatic N) is 1. The van der Waals surface area contributed by atoms with Gasteiger partial charge in [-0.25, -0.2) is 0 Å². The average molecular weight is 388 g/mol. The number of carbonyl (C=O) groups is 3. The monoisotopic (exact) mass is 388 g/mol. The fraction of sp³-hybridized carbons (Fsp3) is 0.333. The van der Waals surface area contributed by atoms with E-state index in [0.717, 1.165) is 22.3 Å². The van der Waals surface area contributed by atoms with E-state index in [4.69, 9.17) is 6.42 Å². The normalized spacial score (nSPS) is 18.5. The van der Waals surface area contributed by atoms with Crippen molar-refractivity contribution >= 4 is 17.5 Å². The number of aromatic nitrogens is 1. The van der Waals surface area contributed by atoms with Gasteiger partial charge in [-0.3, -0.25) is 19.4 Å². The van der Waals surface area contributed by atoms with Crippen LogP contribution in [0.25, 0.3) is 0 Å². The van der Waals surface area contributed by atoms with Crippen LogP contribution in [0.5, 0.6) is 0 Å². The molecule has 0 aliphatic heterocycles. The van der Waals surface area contributed by atoms with E-state index < -0.39 is 5.92 Å². The summed E-state index contributed by atoms with van der Waals surface area (Å²) in [6, 6.07) is 8.86. The molecule has 1 aliphatic carbocycles. The Labute approximate surface area is 170 Å². The Morgan fingerprint density at radius 1 is 1.31 bits per heavy atom. The summed E-state index contributed by atoms with van der Waals surface area (Å²) in [5.74, 6) is 1.12. The van der Waals surface area contributed by atoms with Crippen LogP contribution in [-0.2, 0) is 16.0 Å². The number of carbonyl (C=O) groups excluding carboxylic acids is 3. The first-order chi connectivity index (χ1) is 14.0. The Bertz CT molecular complexity index is 989. The molecule has 148 valence electrons. The molecule has 3 rings (SSSR count). The van der Waals surface area contributed by atoms with Crippen LogP contribution in [0, 0.1) is 25.2 Å². The van der Waals surface area contributed by atoms with E-state index in [9.17, 15) is 14.4 Å². The van der Waals surface area contributed by atoms with Crippen molar-refractivity contribution in [1.29, 1.82) is 0 Å². The molecule has 5 heteroatoms. The summed E-state index contributed by atoms with van der Waals surface area (Å²) in [5, 5.41) is 2.78. The van der Waals surface area contributed by atoms with Gasteiger partial charge in [0.25, 0.3) is 5.91 Å². The van der Waals surface area contributed by atoms with Crippen molar-refractivity contribution in [2.24, 2.45) is 5.92 Å². The van der Waals surface area contributed by atoms with Crippen LogP contribution in [0.1, 0.15) is 58.4 Å². The molecule has 1 fully saturated rings. The van der Waals surface area contributed by atoms with Gasteiger partial charge in [0.05, 0.1) is 0 Å². The van der Waals surface area contributed by atoms with E-state index in [1.165, 1.54) is 0 Å². The maximum Gasteiger partial charge on any atom is 0.269 e. The second kappa shape index (κ2) is 8.83. The van der Waals surface area contributed by atoms with Crippen molar-refractivity contribution in [3.63, 3.8) is 0 Å². The van der Waals surface area contributed by atoms with Crippen molar-refractivity contribution in [2.45, 2.75) is 39.0 Å². The Balaban J connectivity index is 1.71. The molecule has 29 heavy (non-hydrogen) atoms. The highest BCUT2D eigenvalue weighted by Gasteiger charge is 2.43. The number of ketones is 2. The van der Waals surface area contributed by atoms with Gasteiger partial charge in [-0.1, -0.05) is 18.9 Å². The van der Waals surface area contributed by atoms with Crippen LogP contribution in [0.4, 0.5) is 0 Å². The molecular weight excluding hydrogens is 364 g/mol. The standard InChI is InChI=1S/C24H24N2O3/c1-4-16-12-15(3)21(17(5-2)13-16)22-20(27)14-18(23(22)28)9-11-26-24(29)19-8-6-7-10-25-19/h1,6-8,10,12-13,18,22H,5,9,11,14H2,2-3H3,(H,26,29). The predicted molar refractivity (Wildman–Crippen MR) is 111 cm³/mol. The topological polar surface area (TPSA) is 76.1 Å². The summed E-state index contributed by atoms with van der Waals surface area (Å²) < 4.78 is 0. The molecule has 2 unspecified atom stereocenters. The molecule has 0 radical (unpaired) electrons. The van der Waals surface area contributed by atoms with Gasteiger partial charge in [-0.05, 0) is 60.7 Å². The number of hydrogen-bond donors (Lipinski definition) is 1. The number of terminal acetylenes is 1. The van der Waals surface area contributed by atoms with E-state index in [2.05, 4.69) is 16.2 Å². The lowest BCUT2D eigenvalue weighted by Crippen LogP contribution is -2.27. The van der Waals surface area contributed by atoms with Crippen LogP contribution in [0.2, 0.25) is 0 Å². The predicted octanol–water partition coefficient (Wildman–Crippen LogP) is 3.00. The van der Waals surface area contributed by atoms with E-state index >= 15 is 0 Å². The van der Waals surface area contributed by atoms with Crippen LogP contribution >= 0.6 is 0 Å². The van der Waals surface area contributed by atoms with Crippen LogP contribution in [0.15, 0.2) is 36.5 Å². The minimum absolute atomic E-state index is 0.0534. The zero-order valence-corrected chi connectivity index (χ0v) is 16.7.